The van der Waals surface area contributed by atoms with E-state index in [0.29, 0.717) is 30.1 Å². The summed E-state index contributed by atoms with van der Waals surface area (Å²) < 4.78 is 11.4. The predicted molar refractivity (Wildman–Crippen MR) is 125 cm³/mol. The third-order valence-electron chi connectivity index (χ3n) is 4.65. The molecule has 0 spiro atoms. The van der Waals surface area contributed by atoms with Gasteiger partial charge in [0.1, 0.15) is 23.9 Å². The molecule has 0 aliphatic carbocycles. The van der Waals surface area contributed by atoms with Crippen molar-refractivity contribution in [1.29, 1.82) is 0 Å². The highest BCUT2D eigenvalue weighted by atomic mass is 16.5. The minimum absolute atomic E-state index is 0.115. The molecule has 0 saturated heterocycles. The number of rotatable bonds is 10. The third-order valence-corrected chi connectivity index (χ3v) is 4.65. The molecular formula is C26H26N2O4. The second kappa shape index (κ2) is 11.4. The number of amides is 1. The number of ether oxygens (including phenoxy) is 2. The zero-order chi connectivity index (χ0) is 22.8. The molecule has 6 nitrogen and oxygen atoms in total. The lowest BCUT2D eigenvalue weighted by Crippen LogP contribution is -2.33. The van der Waals surface area contributed by atoms with Gasteiger partial charge in [-0.3, -0.25) is 4.79 Å². The van der Waals surface area contributed by atoms with Gasteiger partial charge in [-0.2, -0.15) is 5.10 Å². The Hall–Kier alpha value is -4.06. The number of hydrazone groups is 1. The number of carbonyl (C=O) groups is 1. The summed E-state index contributed by atoms with van der Waals surface area (Å²) in [5.74, 6) is 0.955. The number of para-hydroxylation sites is 1. The van der Waals surface area contributed by atoms with Crippen LogP contribution in [0.3, 0.4) is 0 Å². The molecule has 0 aliphatic heterocycles. The molecule has 0 aromatic heterocycles. The fraction of sp³-hybridized carbons (Fsp3) is 0.154. The van der Waals surface area contributed by atoms with Gasteiger partial charge < -0.3 is 14.6 Å². The Morgan fingerprint density at radius 2 is 1.78 bits per heavy atom. The summed E-state index contributed by atoms with van der Waals surface area (Å²) in [6, 6.07) is 22.3. The molecule has 3 rings (SSSR count). The Morgan fingerprint density at radius 3 is 2.50 bits per heavy atom. The van der Waals surface area contributed by atoms with Gasteiger partial charge in [0.25, 0.3) is 5.91 Å². The summed E-state index contributed by atoms with van der Waals surface area (Å²) in [5, 5.41) is 14.2. The normalized spacial score (nSPS) is 11.7. The lowest BCUT2D eigenvalue weighted by molar-refractivity contribution is -0.127. The van der Waals surface area contributed by atoms with Crippen LogP contribution in [0, 0.1) is 0 Å². The van der Waals surface area contributed by atoms with Crippen molar-refractivity contribution in [2.24, 2.45) is 5.10 Å². The fourth-order valence-corrected chi connectivity index (χ4v) is 2.90. The average molecular weight is 431 g/mol. The van der Waals surface area contributed by atoms with Gasteiger partial charge in [0.05, 0.1) is 6.21 Å². The molecule has 0 radical (unpaired) electrons. The molecule has 6 heteroatoms. The summed E-state index contributed by atoms with van der Waals surface area (Å²) >= 11 is 0. The maximum Gasteiger partial charge on any atom is 0.280 e. The molecular weight excluding hydrogens is 404 g/mol. The van der Waals surface area contributed by atoms with Crippen molar-refractivity contribution in [2.75, 3.05) is 0 Å². The Balaban J connectivity index is 1.49. The first-order chi connectivity index (χ1) is 15.6. The van der Waals surface area contributed by atoms with E-state index in [2.05, 4.69) is 17.1 Å². The Morgan fingerprint density at radius 1 is 1.06 bits per heavy atom. The first kappa shape index (κ1) is 22.6. The number of carbonyl (C=O) groups excluding carboxylic acids is 1. The van der Waals surface area contributed by atoms with Gasteiger partial charge in [-0.05, 0) is 54.8 Å². The first-order valence-corrected chi connectivity index (χ1v) is 10.2. The molecule has 3 aromatic rings. The number of nitrogens with one attached hydrogen (secondary N) is 1. The highest BCUT2D eigenvalue weighted by Gasteiger charge is 2.14. The van der Waals surface area contributed by atoms with E-state index in [-0.39, 0.29) is 5.75 Å². The molecule has 2 N–H and O–H groups in total. The summed E-state index contributed by atoms with van der Waals surface area (Å²) in [5.41, 5.74) is 4.76. The van der Waals surface area contributed by atoms with Crippen molar-refractivity contribution >= 4 is 12.1 Å². The molecule has 1 unspecified atom stereocenters. The van der Waals surface area contributed by atoms with E-state index in [1.807, 2.05) is 30.3 Å². The maximum atomic E-state index is 12.3. The van der Waals surface area contributed by atoms with E-state index in [9.17, 15) is 9.90 Å². The van der Waals surface area contributed by atoms with Crippen molar-refractivity contribution in [1.82, 2.24) is 5.43 Å². The van der Waals surface area contributed by atoms with Crippen LogP contribution in [0.5, 0.6) is 17.2 Å². The SMILES string of the molecule is C=CCc1cccc(C=NNC(=O)C(C)Oc2ccc(OCc3ccccc3)cc2)c1O. The molecule has 32 heavy (non-hydrogen) atoms. The smallest absolute Gasteiger partial charge is 0.280 e. The number of benzene rings is 3. The highest BCUT2D eigenvalue weighted by molar-refractivity contribution is 5.86. The van der Waals surface area contributed by atoms with Crippen LogP contribution in [0.25, 0.3) is 0 Å². The fourth-order valence-electron chi connectivity index (χ4n) is 2.90. The van der Waals surface area contributed by atoms with E-state index in [4.69, 9.17) is 9.47 Å². The standard InChI is InChI=1S/C26H26N2O4/c1-3-8-21-11-7-12-22(25(21)29)17-27-28-26(30)19(2)32-24-15-13-23(14-16-24)31-18-20-9-5-4-6-10-20/h3-7,9-17,19,29H,1,8,18H2,2H3,(H,28,30). The molecule has 1 amide bonds. The zero-order valence-electron chi connectivity index (χ0n) is 17.9. The van der Waals surface area contributed by atoms with Crippen LogP contribution >= 0.6 is 0 Å². The molecule has 0 saturated carbocycles. The van der Waals surface area contributed by atoms with Crippen molar-refractivity contribution in [3.8, 4) is 17.2 Å². The Kier molecular flexibility index (Phi) is 8.03. The van der Waals surface area contributed by atoms with E-state index in [1.165, 1.54) is 6.21 Å². The molecule has 0 aliphatic rings. The van der Waals surface area contributed by atoms with Gasteiger partial charge in [-0.25, -0.2) is 5.43 Å². The van der Waals surface area contributed by atoms with Crippen LogP contribution in [-0.4, -0.2) is 23.3 Å². The zero-order valence-corrected chi connectivity index (χ0v) is 17.9. The van der Waals surface area contributed by atoms with Gasteiger partial charge in [-0.15, -0.1) is 6.58 Å². The number of hydrogen-bond donors (Lipinski definition) is 2. The van der Waals surface area contributed by atoms with Gasteiger partial charge in [-0.1, -0.05) is 48.5 Å². The van der Waals surface area contributed by atoms with E-state index in [1.54, 1.807) is 55.5 Å². The second-order valence-corrected chi connectivity index (χ2v) is 7.09. The van der Waals surface area contributed by atoms with Crippen LogP contribution in [0.1, 0.15) is 23.6 Å². The van der Waals surface area contributed by atoms with E-state index < -0.39 is 12.0 Å². The van der Waals surface area contributed by atoms with Crippen molar-refractivity contribution < 1.29 is 19.4 Å². The number of aromatic hydroxyl groups is 1. The Bertz CT molecular complexity index is 1060. The van der Waals surface area contributed by atoms with E-state index in [0.717, 1.165) is 11.1 Å². The van der Waals surface area contributed by atoms with Crippen LogP contribution in [0.15, 0.2) is 90.6 Å². The Labute approximate surface area is 187 Å². The number of allylic oxidation sites excluding steroid dienone is 1. The lowest BCUT2D eigenvalue weighted by atomic mass is 10.1. The average Bonchev–Trinajstić information content (AvgIpc) is 2.81. The summed E-state index contributed by atoms with van der Waals surface area (Å²) in [4.78, 5) is 12.3. The van der Waals surface area contributed by atoms with Crippen molar-refractivity contribution in [3.63, 3.8) is 0 Å². The summed E-state index contributed by atoms with van der Waals surface area (Å²) in [6.07, 6.45) is 2.88. The molecule has 0 fully saturated rings. The van der Waals surface area contributed by atoms with Crippen LogP contribution in [0.2, 0.25) is 0 Å². The minimum Gasteiger partial charge on any atom is -0.507 e. The molecule has 164 valence electrons. The summed E-state index contributed by atoms with van der Waals surface area (Å²) in [7, 11) is 0. The van der Waals surface area contributed by atoms with E-state index >= 15 is 0 Å². The first-order valence-electron chi connectivity index (χ1n) is 10.2. The van der Waals surface area contributed by atoms with Crippen LogP contribution in [-0.2, 0) is 17.8 Å². The minimum atomic E-state index is -0.760. The van der Waals surface area contributed by atoms with Gasteiger partial charge in [0, 0.05) is 5.56 Å². The van der Waals surface area contributed by atoms with Crippen molar-refractivity contribution in [3.05, 3.63) is 102 Å². The highest BCUT2D eigenvalue weighted by Crippen LogP contribution is 2.22. The molecule has 1 atom stereocenters. The number of nitrogens with zero attached hydrogens (tertiary/aromatic N) is 1. The lowest BCUT2D eigenvalue weighted by Gasteiger charge is -2.13. The quantitative estimate of drug-likeness (QED) is 0.279. The largest absolute Gasteiger partial charge is 0.507 e. The molecule has 3 aromatic carbocycles. The molecule has 0 heterocycles. The number of hydrogen-bond acceptors (Lipinski definition) is 5. The second-order valence-electron chi connectivity index (χ2n) is 7.09. The number of phenolic OH excluding ortho intramolecular Hbond substituents is 1. The van der Waals surface area contributed by atoms with Gasteiger partial charge in [0.2, 0.25) is 0 Å². The maximum absolute atomic E-state index is 12.3. The summed E-state index contributed by atoms with van der Waals surface area (Å²) in [6.45, 7) is 5.78. The monoisotopic (exact) mass is 430 g/mol. The topological polar surface area (TPSA) is 80.2 Å². The van der Waals surface area contributed by atoms with Crippen molar-refractivity contribution in [2.45, 2.75) is 26.1 Å². The van der Waals surface area contributed by atoms with Crippen LogP contribution < -0.4 is 14.9 Å². The number of phenols is 1. The van der Waals surface area contributed by atoms with Gasteiger partial charge >= 0.3 is 0 Å². The third kappa shape index (κ3) is 6.47. The van der Waals surface area contributed by atoms with Crippen LogP contribution in [0.4, 0.5) is 0 Å². The molecule has 0 bridgehead atoms. The van der Waals surface area contributed by atoms with Gasteiger partial charge in [0.15, 0.2) is 6.10 Å². The predicted octanol–water partition coefficient (Wildman–Crippen LogP) is 4.62.